The van der Waals surface area contributed by atoms with Gasteiger partial charge in [0.25, 0.3) is 0 Å². The van der Waals surface area contributed by atoms with Crippen molar-refractivity contribution in [3.63, 3.8) is 0 Å². The minimum absolute atomic E-state index is 0.0271. The molecule has 4 aliphatic rings. The third-order valence-corrected chi connectivity index (χ3v) is 8.65. The molecule has 0 bridgehead atoms. The molecule has 0 saturated heterocycles. The first-order valence-corrected chi connectivity index (χ1v) is 12.5. The highest BCUT2D eigenvalue weighted by molar-refractivity contribution is 5.91. The smallest absolute Gasteiger partial charge is 0.408 e. The van der Waals surface area contributed by atoms with E-state index in [1.165, 1.54) is 11.1 Å². The van der Waals surface area contributed by atoms with E-state index >= 15 is 0 Å². The molecule has 2 atom stereocenters. The fraction of sp³-hybridized carbons (Fsp3) is 0.464. The Kier molecular flexibility index (Phi) is 5.13. The quantitative estimate of drug-likeness (QED) is 0.561. The van der Waals surface area contributed by atoms with Crippen molar-refractivity contribution in [3.8, 4) is 11.1 Å². The van der Waals surface area contributed by atoms with Crippen molar-refractivity contribution in [3.05, 3.63) is 59.7 Å². The third-order valence-electron chi connectivity index (χ3n) is 8.65. The molecule has 4 aliphatic carbocycles. The van der Waals surface area contributed by atoms with Gasteiger partial charge in [-0.05, 0) is 65.7 Å². The van der Waals surface area contributed by atoms with Crippen LogP contribution in [-0.2, 0) is 14.3 Å². The lowest BCUT2D eigenvalue weighted by molar-refractivity contribution is -0.144. The zero-order valence-electron chi connectivity index (χ0n) is 19.6. The van der Waals surface area contributed by atoms with E-state index in [4.69, 9.17) is 9.84 Å². The fourth-order valence-electron chi connectivity index (χ4n) is 6.56. The summed E-state index contributed by atoms with van der Waals surface area (Å²) in [4.78, 5) is 37.2. The number of carboxylic acids is 1. The second-order valence-corrected chi connectivity index (χ2v) is 10.9. The highest BCUT2D eigenvalue weighted by Gasteiger charge is 2.62. The standard InChI is InChI=1S/C28H30N2O5/c31-24(32)22-12-17(22)13-29-25(33)28(15-27(16-28)10-5-11-27)30-26(34)35-14-23-20-8-3-1-6-18(20)19-7-2-4-9-21(19)23/h1-4,6-9,17,22-23H,5,10-16H2,(H,29,33)(H,30,34)(H,31,32)/t17-,22-/m0/s1. The van der Waals surface area contributed by atoms with Crippen LogP contribution in [0.2, 0.25) is 0 Å². The Hall–Kier alpha value is -3.35. The van der Waals surface area contributed by atoms with Crippen molar-refractivity contribution < 1.29 is 24.2 Å². The molecule has 6 rings (SSSR count). The van der Waals surface area contributed by atoms with Crippen LogP contribution in [0.25, 0.3) is 11.1 Å². The van der Waals surface area contributed by atoms with Crippen LogP contribution >= 0.6 is 0 Å². The number of carboxylic acid groups (broad SMARTS) is 1. The van der Waals surface area contributed by atoms with E-state index in [2.05, 4.69) is 34.9 Å². The number of rotatable bonds is 7. The molecular weight excluding hydrogens is 444 g/mol. The number of benzene rings is 2. The van der Waals surface area contributed by atoms with Crippen molar-refractivity contribution in [1.29, 1.82) is 0 Å². The number of ether oxygens (including phenoxy) is 1. The molecule has 0 radical (unpaired) electrons. The molecule has 3 fully saturated rings. The Labute approximate surface area is 204 Å². The van der Waals surface area contributed by atoms with E-state index in [-0.39, 0.29) is 35.7 Å². The van der Waals surface area contributed by atoms with Crippen LogP contribution in [0.15, 0.2) is 48.5 Å². The van der Waals surface area contributed by atoms with Gasteiger partial charge in [0.15, 0.2) is 0 Å². The molecule has 0 heterocycles. The highest BCUT2D eigenvalue weighted by atomic mass is 16.5. The predicted molar refractivity (Wildman–Crippen MR) is 129 cm³/mol. The van der Waals surface area contributed by atoms with Crippen LogP contribution in [0.1, 0.15) is 55.6 Å². The molecule has 0 aromatic heterocycles. The molecule has 3 saturated carbocycles. The second kappa shape index (κ2) is 8.11. The Morgan fingerprint density at radius 3 is 2.14 bits per heavy atom. The van der Waals surface area contributed by atoms with E-state index in [0.29, 0.717) is 25.8 Å². The Morgan fingerprint density at radius 2 is 1.60 bits per heavy atom. The van der Waals surface area contributed by atoms with Crippen molar-refractivity contribution in [2.24, 2.45) is 17.3 Å². The average Bonchev–Trinajstić information content (AvgIpc) is 3.53. The number of hydrogen-bond donors (Lipinski definition) is 3. The lowest BCUT2D eigenvalue weighted by Crippen LogP contribution is -2.70. The van der Waals surface area contributed by atoms with Gasteiger partial charge in [-0.15, -0.1) is 0 Å². The number of amides is 2. The van der Waals surface area contributed by atoms with Crippen LogP contribution in [-0.4, -0.2) is 41.8 Å². The van der Waals surface area contributed by atoms with Gasteiger partial charge in [-0.2, -0.15) is 0 Å². The number of alkyl carbamates (subject to hydrolysis) is 1. The first kappa shape index (κ1) is 22.1. The van der Waals surface area contributed by atoms with E-state index < -0.39 is 17.6 Å². The molecule has 182 valence electrons. The number of aliphatic carboxylic acids is 1. The molecule has 1 spiro atoms. The zero-order valence-corrected chi connectivity index (χ0v) is 19.6. The summed E-state index contributed by atoms with van der Waals surface area (Å²) in [5.74, 6) is -1.48. The molecule has 7 heteroatoms. The van der Waals surface area contributed by atoms with Gasteiger partial charge in [-0.3, -0.25) is 9.59 Å². The summed E-state index contributed by atoms with van der Waals surface area (Å²) in [6.45, 7) is 0.530. The van der Waals surface area contributed by atoms with Gasteiger partial charge in [-0.1, -0.05) is 55.0 Å². The largest absolute Gasteiger partial charge is 0.481 e. The van der Waals surface area contributed by atoms with Gasteiger partial charge >= 0.3 is 12.1 Å². The van der Waals surface area contributed by atoms with Gasteiger partial charge in [-0.25, -0.2) is 4.79 Å². The van der Waals surface area contributed by atoms with Crippen LogP contribution in [0.3, 0.4) is 0 Å². The topological polar surface area (TPSA) is 105 Å². The first-order chi connectivity index (χ1) is 16.9. The summed E-state index contributed by atoms with van der Waals surface area (Å²) in [6, 6.07) is 16.4. The number of carbonyl (C=O) groups is 3. The molecule has 2 amide bonds. The Bertz CT molecular complexity index is 1150. The summed E-state index contributed by atoms with van der Waals surface area (Å²) in [6.07, 6.45) is 4.56. The van der Waals surface area contributed by atoms with Crippen molar-refractivity contribution in [2.75, 3.05) is 13.2 Å². The molecule has 7 nitrogen and oxygen atoms in total. The number of hydrogen-bond acceptors (Lipinski definition) is 4. The fourth-order valence-corrected chi connectivity index (χ4v) is 6.56. The van der Waals surface area contributed by atoms with E-state index in [1.54, 1.807) is 0 Å². The summed E-state index contributed by atoms with van der Waals surface area (Å²) in [7, 11) is 0. The lowest BCUT2D eigenvalue weighted by Gasteiger charge is -2.59. The summed E-state index contributed by atoms with van der Waals surface area (Å²) in [5.41, 5.74) is 3.79. The van der Waals surface area contributed by atoms with Crippen LogP contribution in [0.5, 0.6) is 0 Å². The van der Waals surface area contributed by atoms with Gasteiger partial charge in [0.2, 0.25) is 5.91 Å². The van der Waals surface area contributed by atoms with E-state index in [9.17, 15) is 14.4 Å². The van der Waals surface area contributed by atoms with Crippen molar-refractivity contribution in [1.82, 2.24) is 10.6 Å². The van der Waals surface area contributed by atoms with Gasteiger partial charge in [0.05, 0.1) is 5.92 Å². The SMILES string of the molecule is O=C(NC1(C(=O)NC[C@@H]2C[C@@H]2C(=O)O)CC2(CCC2)C1)OCC1c2ccccc2-c2ccccc21. The zero-order chi connectivity index (χ0) is 24.2. The molecule has 3 N–H and O–H groups in total. The van der Waals surface area contributed by atoms with E-state index in [1.807, 2.05) is 24.3 Å². The normalized spacial score (nSPS) is 24.3. The summed E-state index contributed by atoms with van der Waals surface area (Å²) < 4.78 is 5.72. The average molecular weight is 475 g/mol. The van der Waals surface area contributed by atoms with Crippen LogP contribution in [0, 0.1) is 17.3 Å². The van der Waals surface area contributed by atoms with E-state index in [0.717, 1.165) is 30.4 Å². The molecule has 0 unspecified atom stereocenters. The Morgan fingerprint density at radius 1 is 0.971 bits per heavy atom. The van der Waals surface area contributed by atoms with Crippen LogP contribution < -0.4 is 10.6 Å². The minimum Gasteiger partial charge on any atom is -0.481 e. The lowest BCUT2D eigenvalue weighted by atomic mass is 9.48. The Balaban J connectivity index is 1.11. The molecular formula is C28H30N2O5. The summed E-state index contributed by atoms with van der Waals surface area (Å²) >= 11 is 0. The van der Waals surface area contributed by atoms with Gasteiger partial charge in [0, 0.05) is 12.5 Å². The van der Waals surface area contributed by atoms with Crippen molar-refractivity contribution >= 4 is 18.0 Å². The van der Waals surface area contributed by atoms with Gasteiger partial charge < -0.3 is 20.5 Å². The number of fused-ring (bicyclic) bond motifs is 3. The van der Waals surface area contributed by atoms with Gasteiger partial charge in [0.1, 0.15) is 12.1 Å². The highest BCUT2D eigenvalue weighted by Crippen LogP contribution is 2.60. The second-order valence-electron chi connectivity index (χ2n) is 10.9. The minimum atomic E-state index is -0.976. The molecule has 2 aromatic rings. The third kappa shape index (κ3) is 3.77. The number of nitrogens with one attached hydrogen (secondary N) is 2. The number of carbonyl (C=O) groups excluding carboxylic acids is 2. The van der Waals surface area contributed by atoms with Crippen LogP contribution in [0.4, 0.5) is 4.79 Å². The molecule has 35 heavy (non-hydrogen) atoms. The predicted octanol–water partition coefficient (Wildman–Crippen LogP) is 4.06. The summed E-state index contributed by atoms with van der Waals surface area (Å²) in [5, 5.41) is 14.9. The maximum Gasteiger partial charge on any atom is 0.408 e. The molecule has 2 aromatic carbocycles. The van der Waals surface area contributed by atoms with Crippen molar-refractivity contribution in [2.45, 2.75) is 50.0 Å². The maximum absolute atomic E-state index is 13.2. The molecule has 0 aliphatic heterocycles. The first-order valence-electron chi connectivity index (χ1n) is 12.5. The maximum atomic E-state index is 13.2. The monoisotopic (exact) mass is 474 g/mol.